The number of aliphatic hydroxyl groups excluding tert-OH is 1. The van der Waals surface area contributed by atoms with Gasteiger partial charge >= 0.3 is 5.97 Å². The summed E-state index contributed by atoms with van der Waals surface area (Å²) in [7, 11) is 0. The van der Waals surface area contributed by atoms with Gasteiger partial charge in [0.25, 0.3) is 5.91 Å². The molecule has 0 bridgehead atoms. The van der Waals surface area contributed by atoms with Crippen LogP contribution in [-0.4, -0.2) is 45.7 Å². The second-order valence-electron chi connectivity index (χ2n) is 4.55. The van der Waals surface area contributed by atoms with Gasteiger partial charge in [-0.05, 0) is 25.5 Å². The zero-order chi connectivity index (χ0) is 13.4. The number of aliphatic hydroxyl groups is 1. The summed E-state index contributed by atoms with van der Waals surface area (Å²) in [6.07, 6.45) is -0.651. The summed E-state index contributed by atoms with van der Waals surface area (Å²) in [6.45, 7) is 3.92. The number of nitrogens with zero attached hydrogens (tertiary/aromatic N) is 1. The lowest BCUT2D eigenvalue weighted by Crippen LogP contribution is -2.40. The molecular weight excluding hydrogens is 254 g/mol. The summed E-state index contributed by atoms with van der Waals surface area (Å²) >= 11 is 1.36. The molecule has 0 radical (unpaired) electrons. The van der Waals surface area contributed by atoms with Crippen molar-refractivity contribution < 1.29 is 19.8 Å². The van der Waals surface area contributed by atoms with Gasteiger partial charge < -0.3 is 15.1 Å². The van der Waals surface area contributed by atoms with Crippen LogP contribution >= 0.6 is 11.3 Å². The van der Waals surface area contributed by atoms with Crippen LogP contribution in [0.3, 0.4) is 0 Å². The zero-order valence-corrected chi connectivity index (χ0v) is 11.0. The first kappa shape index (κ1) is 13.0. The second-order valence-corrected chi connectivity index (χ2v) is 5.81. The minimum atomic E-state index is -1.06. The highest BCUT2D eigenvalue weighted by Gasteiger charge is 2.39. The van der Waals surface area contributed by atoms with Gasteiger partial charge in [-0.2, -0.15) is 0 Å². The third-order valence-corrected chi connectivity index (χ3v) is 4.34. The van der Waals surface area contributed by atoms with Crippen LogP contribution in [0, 0.1) is 13.8 Å². The number of hydrogen-bond acceptors (Lipinski definition) is 4. The van der Waals surface area contributed by atoms with Crippen molar-refractivity contribution in [1.82, 2.24) is 4.90 Å². The Morgan fingerprint density at radius 1 is 1.44 bits per heavy atom. The molecule has 98 valence electrons. The number of aliphatic carboxylic acids is 1. The lowest BCUT2D eigenvalue weighted by molar-refractivity contribution is -0.141. The molecule has 2 rings (SSSR count). The lowest BCUT2D eigenvalue weighted by Gasteiger charge is -2.20. The van der Waals surface area contributed by atoms with Gasteiger partial charge in [0.05, 0.1) is 11.0 Å². The van der Waals surface area contributed by atoms with Crippen molar-refractivity contribution >= 4 is 23.2 Å². The average Bonchev–Trinajstić information content (AvgIpc) is 2.82. The Morgan fingerprint density at radius 3 is 2.61 bits per heavy atom. The van der Waals surface area contributed by atoms with Crippen LogP contribution in [0.5, 0.6) is 0 Å². The molecule has 2 heterocycles. The van der Waals surface area contributed by atoms with Crippen LogP contribution in [0.25, 0.3) is 0 Å². The second kappa shape index (κ2) is 4.70. The van der Waals surface area contributed by atoms with E-state index in [1.165, 1.54) is 16.2 Å². The predicted octanol–water partition coefficient (Wildman–Crippen LogP) is 1.02. The number of β-amino-alcohol motifs (C(OH)–C–C–N with tert-alkyl or cyclic N) is 1. The Labute approximate surface area is 109 Å². The highest BCUT2D eigenvalue weighted by atomic mass is 32.1. The van der Waals surface area contributed by atoms with Crippen LogP contribution in [-0.2, 0) is 4.79 Å². The van der Waals surface area contributed by atoms with E-state index in [1.54, 1.807) is 6.07 Å². The Bertz CT molecular complexity index is 477. The molecule has 1 amide bonds. The predicted molar refractivity (Wildman–Crippen MR) is 66.9 cm³/mol. The molecule has 1 aromatic heterocycles. The maximum Gasteiger partial charge on any atom is 0.326 e. The number of aryl methyl sites for hydroxylation is 2. The fraction of sp³-hybridized carbons (Fsp3) is 0.500. The van der Waals surface area contributed by atoms with Gasteiger partial charge in [0, 0.05) is 17.8 Å². The van der Waals surface area contributed by atoms with E-state index in [1.807, 2.05) is 13.8 Å². The molecule has 1 aromatic rings. The number of carboxylic acid groups (broad SMARTS) is 1. The van der Waals surface area contributed by atoms with Crippen molar-refractivity contribution in [1.29, 1.82) is 0 Å². The Balaban J connectivity index is 2.25. The van der Waals surface area contributed by atoms with Crippen LogP contribution in [0.15, 0.2) is 6.07 Å². The molecule has 2 N–H and O–H groups in total. The van der Waals surface area contributed by atoms with E-state index in [0.29, 0.717) is 4.88 Å². The van der Waals surface area contributed by atoms with Gasteiger partial charge in [0.1, 0.15) is 6.04 Å². The summed E-state index contributed by atoms with van der Waals surface area (Å²) in [6, 6.07) is 0.849. The van der Waals surface area contributed by atoms with E-state index in [0.717, 1.165) is 10.4 Å². The van der Waals surface area contributed by atoms with E-state index >= 15 is 0 Å². The summed E-state index contributed by atoms with van der Waals surface area (Å²) < 4.78 is 0. The summed E-state index contributed by atoms with van der Waals surface area (Å²) in [4.78, 5) is 26.1. The van der Waals surface area contributed by atoms with Gasteiger partial charge in [-0.25, -0.2) is 4.79 Å². The van der Waals surface area contributed by atoms with Crippen molar-refractivity contribution in [2.45, 2.75) is 32.4 Å². The van der Waals surface area contributed by atoms with E-state index < -0.39 is 18.1 Å². The smallest absolute Gasteiger partial charge is 0.326 e. The number of carboxylic acids is 1. The minimum absolute atomic E-state index is 0.0891. The number of rotatable bonds is 2. The van der Waals surface area contributed by atoms with Crippen LogP contribution in [0.2, 0.25) is 0 Å². The van der Waals surface area contributed by atoms with Crippen molar-refractivity contribution in [3.8, 4) is 0 Å². The maximum absolute atomic E-state index is 12.2. The van der Waals surface area contributed by atoms with Crippen molar-refractivity contribution in [3.63, 3.8) is 0 Å². The molecule has 2 atom stereocenters. The molecule has 1 saturated heterocycles. The normalized spacial score (nSPS) is 23.4. The number of hydrogen-bond donors (Lipinski definition) is 2. The van der Waals surface area contributed by atoms with E-state index in [4.69, 9.17) is 5.11 Å². The number of likely N-dealkylation sites (tertiary alicyclic amines) is 1. The summed E-state index contributed by atoms with van der Waals surface area (Å²) in [5.41, 5.74) is 1.02. The molecule has 1 unspecified atom stereocenters. The molecule has 0 spiro atoms. The largest absolute Gasteiger partial charge is 0.480 e. The minimum Gasteiger partial charge on any atom is -0.480 e. The summed E-state index contributed by atoms with van der Waals surface area (Å²) in [5, 5.41) is 18.6. The fourth-order valence-corrected chi connectivity index (χ4v) is 3.08. The SMILES string of the molecule is Cc1cc(C(=O)N2CC(O)C[C@H]2C(=O)O)sc1C. The van der Waals surface area contributed by atoms with Crippen LogP contribution in [0.4, 0.5) is 0 Å². The molecule has 0 aromatic carbocycles. The third kappa shape index (κ3) is 2.26. The van der Waals surface area contributed by atoms with E-state index in [9.17, 15) is 14.7 Å². The molecule has 0 saturated carbocycles. The highest BCUT2D eigenvalue weighted by Crippen LogP contribution is 2.26. The average molecular weight is 269 g/mol. The van der Waals surface area contributed by atoms with Gasteiger partial charge in [-0.3, -0.25) is 4.79 Å². The molecule has 1 aliphatic heterocycles. The molecule has 0 aliphatic carbocycles. The number of carbonyl (C=O) groups excluding carboxylic acids is 1. The Kier molecular flexibility index (Phi) is 3.41. The molecule has 1 fully saturated rings. The summed E-state index contributed by atoms with van der Waals surface area (Å²) in [5.74, 6) is -1.37. The standard InChI is InChI=1S/C12H15NO4S/c1-6-3-10(18-7(6)2)11(15)13-5-8(14)4-9(13)12(16)17/h3,8-9,14H,4-5H2,1-2H3,(H,16,17)/t8?,9-/m0/s1. The maximum atomic E-state index is 12.2. The first-order valence-electron chi connectivity index (χ1n) is 5.69. The molecule has 6 heteroatoms. The van der Waals surface area contributed by atoms with Crippen molar-refractivity contribution in [2.24, 2.45) is 0 Å². The highest BCUT2D eigenvalue weighted by molar-refractivity contribution is 7.14. The molecule has 1 aliphatic rings. The van der Waals surface area contributed by atoms with E-state index in [-0.39, 0.29) is 18.9 Å². The first-order chi connectivity index (χ1) is 8.40. The van der Waals surface area contributed by atoms with Gasteiger partial charge in [-0.15, -0.1) is 11.3 Å². The molecule has 5 nitrogen and oxygen atoms in total. The molecule has 18 heavy (non-hydrogen) atoms. The number of thiophene rings is 1. The van der Waals surface area contributed by atoms with Gasteiger partial charge in [0.2, 0.25) is 0 Å². The topological polar surface area (TPSA) is 77.8 Å². The van der Waals surface area contributed by atoms with Crippen LogP contribution in [0.1, 0.15) is 26.5 Å². The number of carbonyl (C=O) groups is 2. The monoisotopic (exact) mass is 269 g/mol. The van der Waals surface area contributed by atoms with Gasteiger partial charge in [-0.1, -0.05) is 0 Å². The first-order valence-corrected chi connectivity index (χ1v) is 6.50. The van der Waals surface area contributed by atoms with Crippen molar-refractivity contribution in [2.75, 3.05) is 6.54 Å². The lowest BCUT2D eigenvalue weighted by atomic mass is 10.2. The van der Waals surface area contributed by atoms with E-state index in [2.05, 4.69) is 0 Å². The Hall–Kier alpha value is -1.40. The quantitative estimate of drug-likeness (QED) is 0.840. The third-order valence-electron chi connectivity index (χ3n) is 3.20. The Morgan fingerprint density at radius 2 is 2.11 bits per heavy atom. The zero-order valence-electron chi connectivity index (χ0n) is 10.2. The molecular formula is C12H15NO4S. The van der Waals surface area contributed by atoms with Crippen LogP contribution < -0.4 is 0 Å². The van der Waals surface area contributed by atoms with Crippen molar-refractivity contribution in [3.05, 3.63) is 21.4 Å². The number of amides is 1. The van der Waals surface area contributed by atoms with Gasteiger partial charge in [0.15, 0.2) is 0 Å². The fourth-order valence-electron chi connectivity index (χ4n) is 2.09.